The summed E-state index contributed by atoms with van der Waals surface area (Å²) in [6, 6.07) is 11.7. The molecule has 8 heteroatoms. The summed E-state index contributed by atoms with van der Waals surface area (Å²) in [6.45, 7) is 4.53. The molecule has 4 rings (SSSR count). The highest BCUT2D eigenvalue weighted by Crippen LogP contribution is 2.27. The van der Waals surface area contributed by atoms with E-state index in [9.17, 15) is 4.39 Å². The lowest BCUT2D eigenvalue weighted by atomic mass is 10.2. The number of hydrogen-bond acceptors (Lipinski definition) is 6. The third-order valence-electron chi connectivity index (χ3n) is 3.97. The highest BCUT2D eigenvalue weighted by molar-refractivity contribution is 5.95. The van der Waals surface area contributed by atoms with Gasteiger partial charge < -0.3 is 15.2 Å². The Balaban J connectivity index is 0.00000109. The van der Waals surface area contributed by atoms with Crippen molar-refractivity contribution in [3.63, 3.8) is 0 Å². The third kappa shape index (κ3) is 3.86. The van der Waals surface area contributed by atoms with E-state index in [1.54, 1.807) is 19.2 Å². The van der Waals surface area contributed by atoms with Crippen LogP contribution in [0.4, 0.5) is 10.3 Å². The number of rotatable bonds is 5. The number of anilines is 1. The van der Waals surface area contributed by atoms with Gasteiger partial charge in [0.2, 0.25) is 5.95 Å². The Morgan fingerprint density at radius 1 is 1.04 bits per heavy atom. The molecule has 0 aliphatic carbocycles. The molecule has 7 nitrogen and oxygen atoms in total. The van der Waals surface area contributed by atoms with Crippen LogP contribution in [0.1, 0.15) is 25.2 Å². The Bertz CT molecular complexity index is 1080. The molecule has 0 spiro atoms. The van der Waals surface area contributed by atoms with E-state index >= 15 is 0 Å². The molecule has 146 valence electrons. The molecule has 2 aromatic heterocycles. The van der Waals surface area contributed by atoms with E-state index < -0.39 is 0 Å². The second-order valence-corrected chi connectivity index (χ2v) is 5.71. The second-order valence-electron chi connectivity index (χ2n) is 5.71. The average Bonchev–Trinajstić information content (AvgIpc) is 3.16. The monoisotopic (exact) mass is 383 g/mol. The number of nitrogen functional groups attached to an aromatic ring is 1. The van der Waals surface area contributed by atoms with Crippen LogP contribution < -0.4 is 10.5 Å². The molecule has 0 aliphatic heterocycles. The van der Waals surface area contributed by atoms with Crippen molar-refractivity contribution in [3.8, 4) is 5.75 Å². The summed E-state index contributed by atoms with van der Waals surface area (Å²) >= 11 is 0. The molecule has 0 aliphatic rings. The van der Waals surface area contributed by atoms with Crippen molar-refractivity contribution in [2.45, 2.75) is 27.1 Å². The zero-order valence-electron chi connectivity index (χ0n) is 16.0. The molecule has 2 heterocycles. The quantitative estimate of drug-likeness (QED) is 0.565. The largest absolute Gasteiger partial charge is 0.494 e. The van der Waals surface area contributed by atoms with E-state index in [0.717, 1.165) is 10.9 Å². The van der Waals surface area contributed by atoms with E-state index in [4.69, 9.17) is 15.2 Å². The van der Waals surface area contributed by atoms with Gasteiger partial charge >= 0.3 is 0 Å². The van der Waals surface area contributed by atoms with Crippen molar-refractivity contribution >= 4 is 22.5 Å². The number of aromatic nitrogens is 4. The molecule has 0 saturated heterocycles. The summed E-state index contributed by atoms with van der Waals surface area (Å²) in [5, 5.41) is 5.14. The Kier molecular flexibility index (Phi) is 6.00. The number of para-hydroxylation sites is 1. The van der Waals surface area contributed by atoms with Crippen LogP contribution in [-0.2, 0) is 18.0 Å². The smallest absolute Gasteiger partial charge is 0.223 e. The fourth-order valence-electron chi connectivity index (χ4n) is 2.74. The highest BCUT2D eigenvalue weighted by Gasteiger charge is 2.14. The summed E-state index contributed by atoms with van der Waals surface area (Å²) in [6.07, 6.45) is 0. The minimum absolute atomic E-state index is 0.198. The van der Waals surface area contributed by atoms with E-state index in [-0.39, 0.29) is 18.4 Å². The van der Waals surface area contributed by atoms with Gasteiger partial charge in [0.15, 0.2) is 11.5 Å². The number of halogens is 1. The molecule has 0 bridgehead atoms. The minimum Gasteiger partial charge on any atom is -0.494 e. The van der Waals surface area contributed by atoms with Gasteiger partial charge in [0, 0.05) is 5.39 Å². The van der Waals surface area contributed by atoms with Crippen molar-refractivity contribution in [2.75, 3.05) is 12.8 Å². The third-order valence-corrected chi connectivity index (χ3v) is 3.97. The number of fused-ring (bicyclic) bond motifs is 3. The van der Waals surface area contributed by atoms with Gasteiger partial charge in [-0.2, -0.15) is 4.52 Å². The van der Waals surface area contributed by atoms with Crippen LogP contribution in [0.25, 0.3) is 16.6 Å². The van der Waals surface area contributed by atoms with Gasteiger partial charge in [0.25, 0.3) is 0 Å². The lowest BCUT2D eigenvalue weighted by Gasteiger charge is -2.06. The van der Waals surface area contributed by atoms with Gasteiger partial charge in [0.1, 0.15) is 23.7 Å². The maximum atomic E-state index is 12.9. The SMILES string of the molecule is CC.COc1cccc2c1nc(N)n1nc(COCc3ccc(F)cc3)nc21. The molecule has 0 unspecified atom stereocenters. The number of nitrogens with zero attached hydrogens (tertiary/aromatic N) is 4. The van der Waals surface area contributed by atoms with E-state index in [1.165, 1.54) is 16.6 Å². The Morgan fingerprint density at radius 2 is 1.79 bits per heavy atom. The molecule has 4 aromatic rings. The zero-order chi connectivity index (χ0) is 20.1. The Labute approximate surface area is 161 Å². The first kappa shape index (κ1) is 19.5. The summed E-state index contributed by atoms with van der Waals surface area (Å²) < 4.78 is 25.4. The van der Waals surface area contributed by atoms with Crippen LogP contribution in [0.3, 0.4) is 0 Å². The van der Waals surface area contributed by atoms with Crippen LogP contribution >= 0.6 is 0 Å². The van der Waals surface area contributed by atoms with Gasteiger partial charge in [-0.05, 0) is 29.8 Å². The van der Waals surface area contributed by atoms with Crippen molar-refractivity contribution in [2.24, 2.45) is 0 Å². The van der Waals surface area contributed by atoms with Crippen molar-refractivity contribution in [1.29, 1.82) is 0 Å². The molecule has 28 heavy (non-hydrogen) atoms. The molecule has 0 fully saturated rings. The summed E-state index contributed by atoms with van der Waals surface area (Å²) in [5.74, 6) is 1.04. The molecule has 2 N–H and O–H groups in total. The van der Waals surface area contributed by atoms with Gasteiger partial charge in [-0.3, -0.25) is 0 Å². The highest BCUT2D eigenvalue weighted by atomic mass is 19.1. The van der Waals surface area contributed by atoms with E-state index in [0.29, 0.717) is 29.3 Å². The van der Waals surface area contributed by atoms with Crippen molar-refractivity contribution in [1.82, 2.24) is 19.6 Å². The summed E-state index contributed by atoms with van der Waals surface area (Å²) in [4.78, 5) is 8.87. The summed E-state index contributed by atoms with van der Waals surface area (Å²) in [5.41, 5.74) is 8.10. The molecule has 0 radical (unpaired) electrons. The van der Waals surface area contributed by atoms with Crippen LogP contribution in [0.15, 0.2) is 42.5 Å². The Hall–Kier alpha value is -3.26. The average molecular weight is 383 g/mol. The maximum Gasteiger partial charge on any atom is 0.223 e. The topological polar surface area (TPSA) is 87.6 Å². The van der Waals surface area contributed by atoms with Gasteiger partial charge in [-0.25, -0.2) is 14.4 Å². The fourth-order valence-corrected chi connectivity index (χ4v) is 2.74. The molecule has 2 aromatic carbocycles. The lowest BCUT2D eigenvalue weighted by Crippen LogP contribution is -2.03. The predicted molar refractivity (Wildman–Crippen MR) is 105 cm³/mol. The molecule has 0 amide bonds. The first-order chi connectivity index (χ1) is 13.7. The standard InChI is InChI=1S/C18H16FN5O2.C2H6/c1-25-14-4-2-3-13-16(14)22-18(20)24-17(13)21-15(23-24)10-26-9-11-5-7-12(19)8-6-11;1-2/h2-8H,9-10H2,1H3,(H2,20,22);1-2H3. The normalized spacial score (nSPS) is 10.7. The number of nitrogens with two attached hydrogens (primary N) is 1. The first-order valence-corrected chi connectivity index (χ1v) is 8.96. The van der Waals surface area contributed by atoms with E-state index in [2.05, 4.69) is 15.1 Å². The van der Waals surface area contributed by atoms with Crippen LogP contribution in [0.2, 0.25) is 0 Å². The fraction of sp³-hybridized carbons (Fsp3) is 0.250. The van der Waals surface area contributed by atoms with Crippen LogP contribution in [0.5, 0.6) is 5.75 Å². The number of methoxy groups -OCH3 is 1. The Morgan fingerprint density at radius 3 is 2.50 bits per heavy atom. The zero-order valence-corrected chi connectivity index (χ0v) is 16.0. The number of benzene rings is 2. The number of hydrogen-bond donors (Lipinski definition) is 1. The van der Waals surface area contributed by atoms with Gasteiger partial charge in [-0.1, -0.05) is 32.0 Å². The van der Waals surface area contributed by atoms with E-state index in [1.807, 2.05) is 32.0 Å². The van der Waals surface area contributed by atoms with Gasteiger partial charge in [-0.15, -0.1) is 5.10 Å². The minimum atomic E-state index is -0.277. The molecular formula is C20H22FN5O2. The van der Waals surface area contributed by atoms with Crippen LogP contribution in [-0.4, -0.2) is 26.7 Å². The summed E-state index contributed by atoms with van der Waals surface area (Å²) in [7, 11) is 1.58. The van der Waals surface area contributed by atoms with Gasteiger partial charge in [0.05, 0.1) is 13.7 Å². The maximum absolute atomic E-state index is 12.9. The molecular weight excluding hydrogens is 361 g/mol. The lowest BCUT2D eigenvalue weighted by molar-refractivity contribution is 0.102. The second kappa shape index (κ2) is 8.62. The van der Waals surface area contributed by atoms with Crippen molar-refractivity contribution < 1.29 is 13.9 Å². The predicted octanol–water partition coefficient (Wildman–Crippen LogP) is 3.75. The molecule has 0 saturated carbocycles. The number of ether oxygens (including phenoxy) is 2. The van der Waals surface area contributed by atoms with Crippen LogP contribution in [0, 0.1) is 5.82 Å². The van der Waals surface area contributed by atoms with Crippen molar-refractivity contribution in [3.05, 3.63) is 59.7 Å². The molecule has 0 atom stereocenters. The first-order valence-electron chi connectivity index (χ1n) is 8.96.